The molecule has 1 aromatic rings. The van der Waals surface area contributed by atoms with Crippen molar-refractivity contribution in [1.29, 1.82) is 0 Å². The highest BCUT2D eigenvalue weighted by Crippen LogP contribution is 2.31. The van der Waals surface area contributed by atoms with Gasteiger partial charge in [0.05, 0.1) is 16.3 Å². The van der Waals surface area contributed by atoms with Crippen LogP contribution in [0.5, 0.6) is 0 Å². The molecular formula is C14H17ClN2O3. The van der Waals surface area contributed by atoms with Crippen molar-refractivity contribution in [1.82, 2.24) is 0 Å². The molecule has 108 valence electrons. The van der Waals surface area contributed by atoms with Crippen molar-refractivity contribution >= 4 is 29.2 Å². The van der Waals surface area contributed by atoms with Gasteiger partial charge in [0.25, 0.3) is 5.91 Å². The van der Waals surface area contributed by atoms with Crippen molar-refractivity contribution in [2.24, 2.45) is 5.73 Å². The quantitative estimate of drug-likeness (QED) is 0.896. The summed E-state index contributed by atoms with van der Waals surface area (Å²) >= 11 is 6.04. The fraction of sp³-hybridized carbons (Fsp3) is 0.429. The largest absolute Gasteiger partial charge is 0.480 e. The number of carboxylic acids is 1. The minimum atomic E-state index is -0.887. The lowest BCUT2D eigenvalue weighted by molar-refractivity contribution is -0.138. The van der Waals surface area contributed by atoms with Gasteiger partial charge in [-0.05, 0) is 25.0 Å². The van der Waals surface area contributed by atoms with E-state index in [9.17, 15) is 14.7 Å². The van der Waals surface area contributed by atoms with Crippen molar-refractivity contribution in [3.8, 4) is 0 Å². The maximum Gasteiger partial charge on any atom is 0.326 e. The van der Waals surface area contributed by atoms with Gasteiger partial charge in [-0.3, -0.25) is 4.79 Å². The molecule has 0 saturated carbocycles. The monoisotopic (exact) mass is 296 g/mol. The zero-order valence-corrected chi connectivity index (χ0v) is 11.8. The van der Waals surface area contributed by atoms with E-state index >= 15 is 0 Å². The maximum absolute atomic E-state index is 11.6. The second-order valence-corrected chi connectivity index (χ2v) is 5.30. The molecule has 0 aliphatic carbocycles. The SMILES string of the molecule is NC(=O)c1c(Cl)cccc1N1CCCCCC1C(=O)O. The molecule has 1 amide bonds. The molecule has 0 bridgehead atoms. The number of primary amides is 1. The molecule has 1 aliphatic rings. The average molecular weight is 297 g/mol. The molecule has 3 N–H and O–H groups in total. The fourth-order valence-corrected chi connectivity index (χ4v) is 2.91. The van der Waals surface area contributed by atoms with Crippen LogP contribution >= 0.6 is 11.6 Å². The minimum absolute atomic E-state index is 0.197. The second-order valence-electron chi connectivity index (χ2n) is 4.89. The molecule has 20 heavy (non-hydrogen) atoms. The molecule has 1 saturated heterocycles. The first kappa shape index (κ1) is 14.7. The van der Waals surface area contributed by atoms with Crippen LogP contribution in [0.25, 0.3) is 0 Å². The highest BCUT2D eigenvalue weighted by Gasteiger charge is 2.30. The molecular weight excluding hydrogens is 280 g/mol. The van der Waals surface area contributed by atoms with Crippen LogP contribution in [0.1, 0.15) is 36.0 Å². The number of nitrogens with two attached hydrogens (primary N) is 1. The summed E-state index contributed by atoms with van der Waals surface area (Å²) < 4.78 is 0. The lowest BCUT2D eigenvalue weighted by atomic mass is 10.1. The zero-order chi connectivity index (χ0) is 14.7. The standard InChI is InChI=1S/C14H17ClN2O3/c15-9-5-4-7-10(12(9)13(16)18)17-8-3-1-2-6-11(17)14(19)20/h4-5,7,11H,1-3,6,8H2,(H2,16,18)(H,19,20). The van der Waals surface area contributed by atoms with Crippen molar-refractivity contribution in [2.45, 2.75) is 31.7 Å². The third-order valence-electron chi connectivity index (χ3n) is 3.59. The minimum Gasteiger partial charge on any atom is -0.480 e. The van der Waals surface area contributed by atoms with Crippen molar-refractivity contribution in [3.63, 3.8) is 0 Å². The molecule has 1 unspecified atom stereocenters. The first-order chi connectivity index (χ1) is 9.52. The first-order valence-corrected chi connectivity index (χ1v) is 6.98. The summed E-state index contributed by atoms with van der Waals surface area (Å²) in [5, 5.41) is 9.66. The zero-order valence-electron chi connectivity index (χ0n) is 11.0. The number of carbonyl (C=O) groups excluding carboxylic acids is 1. The molecule has 1 atom stereocenters. The Morgan fingerprint density at radius 2 is 2.05 bits per heavy atom. The lowest BCUT2D eigenvalue weighted by Gasteiger charge is -2.30. The van der Waals surface area contributed by atoms with Gasteiger partial charge < -0.3 is 15.7 Å². The van der Waals surface area contributed by atoms with Gasteiger partial charge in [-0.15, -0.1) is 0 Å². The van der Waals surface area contributed by atoms with Crippen molar-refractivity contribution < 1.29 is 14.7 Å². The van der Waals surface area contributed by atoms with Crippen molar-refractivity contribution in [3.05, 3.63) is 28.8 Å². The third-order valence-corrected chi connectivity index (χ3v) is 3.90. The number of nitrogens with zero attached hydrogens (tertiary/aromatic N) is 1. The van der Waals surface area contributed by atoms with Crippen LogP contribution in [-0.4, -0.2) is 29.6 Å². The number of hydrogen-bond donors (Lipinski definition) is 2. The highest BCUT2D eigenvalue weighted by atomic mass is 35.5. The molecule has 0 radical (unpaired) electrons. The molecule has 5 nitrogen and oxygen atoms in total. The average Bonchev–Trinajstić information content (AvgIpc) is 2.63. The normalized spacial score (nSPS) is 19.4. The number of amides is 1. The predicted molar refractivity (Wildman–Crippen MR) is 77.2 cm³/mol. The first-order valence-electron chi connectivity index (χ1n) is 6.60. The Morgan fingerprint density at radius 1 is 1.30 bits per heavy atom. The summed E-state index contributed by atoms with van der Waals surface area (Å²) in [6.45, 7) is 0.581. The van der Waals surface area contributed by atoms with E-state index < -0.39 is 17.9 Å². The summed E-state index contributed by atoms with van der Waals surface area (Å²) in [5.74, 6) is -1.53. The molecule has 0 aromatic heterocycles. The van der Waals surface area contributed by atoms with Gasteiger partial charge in [-0.1, -0.05) is 30.5 Å². The Balaban J connectivity index is 2.49. The van der Waals surface area contributed by atoms with Crippen LogP contribution < -0.4 is 10.6 Å². The summed E-state index contributed by atoms with van der Waals surface area (Å²) in [7, 11) is 0. The maximum atomic E-state index is 11.6. The van der Waals surface area contributed by atoms with Gasteiger partial charge in [0.15, 0.2) is 0 Å². The van der Waals surface area contributed by atoms with Crippen LogP contribution in [0.4, 0.5) is 5.69 Å². The number of rotatable bonds is 3. The van der Waals surface area contributed by atoms with Crippen LogP contribution in [0.3, 0.4) is 0 Å². The van der Waals surface area contributed by atoms with E-state index in [1.165, 1.54) is 0 Å². The van der Waals surface area contributed by atoms with E-state index in [2.05, 4.69) is 0 Å². The molecule has 1 heterocycles. The van der Waals surface area contributed by atoms with E-state index in [-0.39, 0.29) is 10.6 Å². The Labute approximate surface area is 122 Å². The number of halogens is 1. The Morgan fingerprint density at radius 3 is 2.70 bits per heavy atom. The van der Waals surface area contributed by atoms with Gasteiger partial charge in [0.2, 0.25) is 0 Å². The van der Waals surface area contributed by atoms with Crippen LogP contribution in [-0.2, 0) is 4.79 Å². The molecule has 1 fully saturated rings. The van der Waals surface area contributed by atoms with Gasteiger partial charge in [0.1, 0.15) is 6.04 Å². The van der Waals surface area contributed by atoms with E-state index in [4.69, 9.17) is 17.3 Å². The van der Waals surface area contributed by atoms with Crippen molar-refractivity contribution in [2.75, 3.05) is 11.4 Å². The van der Waals surface area contributed by atoms with Crippen LogP contribution in [0, 0.1) is 0 Å². The second kappa shape index (κ2) is 6.13. The Bertz CT molecular complexity index is 533. The predicted octanol–water partition coefficient (Wildman–Crippen LogP) is 2.27. The Kier molecular flexibility index (Phi) is 4.49. The smallest absolute Gasteiger partial charge is 0.326 e. The lowest BCUT2D eigenvalue weighted by Crippen LogP contribution is -2.42. The van der Waals surface area contributed by atoms with Crippen LogP contribution in [0.2, 0.25) is 5.02 Å². The number of anilines is 1. The van der Waals surface area contributed by atoms with Crippen LogP contribution in [0.15, 0.2) is 18.2 Å². The molecule has 1 aromatic carbocycles. The number of aliphatic carboxylic acids is 1. The van der Waals surface area contributed by atoms with E-state index in [0.29, 0.717) is 18.7 Å². The van der Waals surface area contributed by atoms with Gasteiger partial charge in [-0.2, -0.15) is 0 Å². The van der Waals surface area contributed by atoms with E-state index in [1.54, 1.807) is 23.1 Å². The Hall–Kier alpha value is -1.75. The number of benzene rings is 1. The highest BCUT2D eigenvalue weighted by molar-refractivity contribution is 6.34. The van der Waals surface area contributed by atoms with Gasteiger partial charge in [0, 0.05) is 6.54 Å². The fourth-order valence-electron chi connectivity index (χ4n) is 2.65. The molecule has 1 aliphatic heterocycles. The summed E-state index contributed by atoms with van der Waals surface area (Å²) in [6.07, 6.45) is 3.28. The number of carboxylic acid groups (broad SMARTS) is 1. The summed E-state index contributed by atoms with van der Waals surface area (Å²) in [5.41, 5.74) is 6.10. The number of carbonyl (C=O) groups is 2. The summed E-state index contributed by atoms with van der Waals surface area (Å²) in [4.78, 5) is 24.8. The van der Waals surface area contributed by atoms with E-state index in [1.807, 2.05) is 0 Å². The number of hydrogen-bond acceptors (Lipinski definition) is 3. The topological polar surface area (TPSA) is 83.6 Å². The third kappa shape index (κ3) is 2.88. The molecule has 2 rings (SSSR count). The molecule has 0 spiro atoms. The van der Waals surface area contributed by atoms with E-state index in [0.717, 1.165) is 19.3 Å². The van der Waals surface area contributed by atoms with Gasteiger partial charge in [-0.25, -0.2) is 4.79 Å². The summed E-state index contributed by atoms with van der Waals surface area (Å²) in [6, 6.07) is 4.34. The van der Waals surface area contributed by atoms with Gasteiger partial charge >= 0.3 is 5.97 Å². The molecule has 6 heteroatoms.